The molecule has 1 heterocycles. The van der Waals surface area contributed by atoms with E-state index in [2.05, 4.69) is 5.73 Å². The number of alkyl halides is 3. The summed E-state index contributed by atoms with van der Waals surface area (Å²) in [5, 5.41) is -0.0257. The lowest BCUT2D eigenvalue weighted by Gasteiger charge is -2.22. The molecular weight excluding hydrogens is 346 g/mol. The van der Waals surface area contributed by atoms with Gasteiger partial charge in [-0.2, -0.15) is 13.2 Å². The van der Waals surface area contributed by atoms with E-state index in [4.69, 9.17) is 16.3 Å². The second-order valence-electron chi connectivity index (χ2n) is 5.08. The van der Waals surface area contributed by atoms with Crippen molar-refractivity contribution in [2.75, 3.05) is 13.7 Å². The Bertz CT molecular complexity index is 731. The lowest BCUT2D eigenvalue weighted by atomic mass is 9.94. The molecule has 130 valence electrons. The van der Waals surface area contributed by atoms with Gasteiger partial charge in [-0.25, -0.2) is 4.39 Å². The molecule has 0 saturated heterocycles. The monoisotopic (exact) mass is 361 g/mol. The van der Waals surface area contributed by atoms with Crippen LogP contribution < -0.4 is 10.5 Å². The fourth-order valence-electron chi connectivity index (χ4n) is 2.63. The molecule has 0 aromatic heterocycles. The van der Waals surface area contributed by atoms with E-state index in [9.17, 15) is 17.6 Å². The normalized spacial score (nSPS) is 13.5. The fourth-order valence-corrected chi connectivity index (χ4v) is 2.80. The summed E-state index contributed by atoms with van der Waals surface area (Å²) in [4.78, 5) is 0. The van der Waals surface area contributed by atoms with E-state index >= 15 is 0 Å². The number of hydrogen-bond donors (Lipinski definition) is 1. The zero-order valence-corrected chi connectivity index (χ0v) is 13.6. The Hall–Kier alpha value is -1.79. The Labute approximate surface area is 142 Å². The van der Waals surface area contributed by atoms with Crippen molar-refractivity contribution < 1.29 is 22.3 Å². The number of fused-ring (bicyclic) bond motifs is 1. The zero-order valence-electron chi connectivity index (χ0n) is 12.9. The molecule has 0 bridgehead atoms. The number of hydrogen-bond acceptors (Lipinski definition) is 2. The molecule has 2 N–H and O–H groups in total. The average Bonchev–Trinajstić information content (AvgIpc) is 2.55. The summed E-state index contributed by atoms with van der Waals surface area (Å²) < 4.78 is 59.0. The number of rotatable bonds is 1. The van der Waals surface area contributed by atoms with Crippen LogP contribution in [0.1, 0.15) is 17.5 Å². The smallest absolute Gasteiger partial charge is 0.417 e. The first-order chi connectivity index (χ1) is 11.4. The molecule has 0 atom stereocenters. The van der Waals surface area contributed by atoms with E-state index in [0.717, 1.165) is 12.1 Å². The second kappa shape index (κ2) is 7.40. The lowest BCUT2D eigenvalue weighted by molar-refractivity contribution is -0.137. The van der Waals surface area contributed by atoms with Crippen LogP contribution in [0, 0.1) is 5.82 Å². The average molecular weight is 362 g/mol. The third kappa shape index (κ3) is 3.82. The minimum atomic E-state index is -4.59. The number of halogens is 5. The molecule has 0 spiro atoms. The topological polar surface area (TPSA) is 35.2 Å². The van der Waals surface area contributed by atoms with Crippen LogP contribution >= 0.6 is 11.6 Å². The Morgan fingerprint density at radius 1 is 1.08 bits per heavy atom. The van der Waals surface area contributed by atoms with Gasteiger partial charge >= 0.3 is 6.18 Å². The molecule has 0 aliphatic carbocycles. The van der Waals surface area contributed by atoms with Gasteiger partial charge in [-0.15, -0.1) is 0 Å². The van der Waals surface area contributed by atoms with Crippen molar-refractivity contribution in [1.82, 2.24) is 0 Å². The SMILES string of the molecule is CN.Fc1cc2c(c(-c3ccc(Cl)cc3C(F)(F)F)c1)OCCC2. The van der Waals surface area contributed by atoms with Crippen LogP contribution in [-0.2, 0) is 12.6 Å². The third-order valence-corrected chi connectivity index (χ3v) is 3.78. The third-order valence-electron chi connectivity index (χ3n) is 3.54. The molecule has 2 aromatic carbocycles. The number of nitrogens with two attached hydrogens (primary N) is 1. The molecule has 0 fully saturated rings. The summed E-state index contributed by atoms with van der Waals surface area (Å²) in [5.41, 5.74) is 4.17. The van der Waals surface area contributed by atoms with E-state index < -0.39 is 17.6 Å². The van der Waals surface area contributed by atoms with E-state index in [1.165, 1.54) is 25.2 Å². The standard InChI is InChI=1S/C16H11ClF4O.CH5N/c17-10-3-4-12(14(7-10)16(19,20)21)13-8-11(18)6-9-2-1-5-22-15(9)13;1-2/h3-4,6-8H,1-2,5H2;2H2,1H3. The molecule has 0 radical (unpaired) electrons. The molecule has 0 amide bonds. The van der Waals surface area contributed by atoms with Crippen molar-refractivity contribution in [2.45, 2.75) is 19.0 Å². The Morgan fingerprint density at radius 2 is 1.79 bits per heavy atom. The van der Waals surface area contributed by atoms with Crippen molar-refractivity contribution >= 4 is 11.6 Å². The molecule has 2 nitrogen and oxygen atoms in total. The van der Waals surface area contributed by atoms with Crippen molar-refractivity contribution in [3.05, 3.63) is 52.3 Å². The molecular formula is C17H16ClF4NO. The van der Waals surface area contributed by atoms with Gasteiger partial charge in [0, 0.05) is 10.6 Å². The minimum Gasteiger partial charge on any atom is -0.493 e. The highest BCUT2D eigenvalue weighted by molar-refractivity contribution is 6.30. The maximum atomic E-state index is 13.8. The molecule has 1 aliphatic heterocycles. The maximum Gasteiger partial charge on any atom is 0.417 e. The van der Waals surface area contributed by atoms with Crippen LogP contribution in [0.15, 0.2) is 30.3 Å². The lowest BCUT2D eigenvalue weighted by Crippen LogP contribution is -2.12. The van der Waals surface area contributed by atoms with E-state index in [-0.39, 0.29) is 16.1 Å². The first kappa shape index (κ1) is 18.5. The Balaban J connectivity index is 0.00000100. The number of benzene rings is 2. The van der Waals surface area contributed by atoms with Crippen LogP contribution in [0.5, 0.6) is 5.75 Å². The van der Waals surface area contributed by atoms with Gasteiger partial charge in [0.2, 0.25) is 0 Å². The van der Waals surface area contributed by atoms with Gasteiger partial charge in [-0.3, -0.25) is 0 Å². The Kier molecular flexibility index (Phi) is 5.72. The molecule has 0 unspecified atom stereocenters. The van der Waals surface area contributed by atoms with Crippen LogP contribution in [0.4, 0.5) is 17.6 Å². The summed E-state index contributed by atoms with van der Waals surface area (Å²) in [5.74, 6) is -0.261. The molecule has 24 heavy (non-hydrogen) atoms. The second-order valence-corrected chi connectivity index (χ2v) is 5.52. The van der Waals surface area contributed by atoms with Crippen LogP contribution in [-0.4, -0.2) is 13.7 Å². The van der Waals surface area contributed by atoms with Crippen molar-refractivity contribution in [2.24, 2.45) is 5.73 Å². The summed E-state index contributed by atoms with van der Waals surface area (Å²) in [6.45, 7) is 0.403. The summed E-state index contributed by atoms with van der Waals surface area (Å²) in [6, 6.07) is 5.82. The van der Waals surface area contributed by atoms with Gasteiger partial charge in [-0.05, 0) is 55.3 Å². The predicted molar refractivity (Wildman–Crippen MR) is 85.8 cm³/mol. The van der Waals surface area contributed by atoms with Gasteiger partial charge in [0.1, 0.15) is 11.6 Å². The highest BCUT2D eigenvalue weighted by Gasteiger charge is 2.35. The first-order valence-corrected chi connectivity index (χ1v) is 7.64. The molecule has 0 saturated carbocycles. The van der Waals surface area contributed by atoms with Gasteiger partial charge in [0.25, 0.3) is 0 Å². The van der Waals surface area contributed by atoms with Crippen molar-refractivity contribution in [3.8, 4) is 16.9 Å². The summed E-state index contributed by atoms with van der Waals surface area (Å²) in [7, 11) is 1.50. The Morgan fingerprint density at radius 3 is 2.46 bits per heavy atom. The van der Waals surface area contributed by atoms with Gasteiger partial charge in [0.05, 0.1) is 12.2 Å². The predicted octanol–water partition coefficient (Wildman–Crippen LogP) is 5.06. The van der Waals surface area contributed by atoms with Crippen LogP contribution in [0.25, 0.3) is 11.1 Å². The minimum absolute atomic E-state index is 0.0257. The highest BCUT2D eigenvalue weighted by atomic mass is 35.5. The van der Waals surface area contributed by atoms with E-state index in [0.29, 0.717) is 30.8 Å². The van der Waals surface area contributed by atoms with Crippen molar-refractivity contribution in [1.29, 1.82) is 0 Å². The van der Waals surface area contributed by atoms with Gasteiger partial charge in [0.15, 0.2) is 0 Å². The van der Waals surface area contributed by atoms with E-state index in [1.807, 2.05) is 0 Å². The van der Waals surface area contributed by atoms with Crippen LogP contribution in [0.3, 0.4) is 0 Å². The van der Waals surface area contributed by atoms with Gasteiger partial charge in [-0.1, -0.05) is 17.7 Å². The molecule has 7 heteroatoms. The number of ether oxygens (including phenoxy) is 1. The first-order valence-electron chi connectivity index (χ1n) is 7.26. The molecule has 3 rings (SSSR count). The molecule has 1 aliphatic rings. The maximum absolute atomic E-state index is 13.8. The number of aryl methyl sites for hydroxylation is 1. The van der Waals surface area contributed by atoms with Crippen LogP contribution in [0.2, 0.25) is 5.02 Å². The largest absolute Gasteiger partial charge is 0.493 e. The highest BCUT2D eigenvalue weighted by Crippen LogP contribution is 2.44. The summed E-state index contributed by atoms with van der Waals surface area (Å²) >= 11 is 5.68. The summed E-state index contributed by atoms with van der Waals surface area (Å²) in [6.07, 6.45) is -3.30. The van der Waals surface area contributed by atoms with Crippen molar-refractivity contribution in [3.63, 3.8) is 0 Å². The fraction of sp³-hybridized carbons (Fsp3) is 0.294. The molecule has 2 aromatic rings. The van der Waals surface area contributed by atoms with Gasteiger partial charge < -0.3 is 10.5 Å². The van der Waals surface area contributed by atoms with E-state index in [1.54, 1.807) is 0 Å². The zero-order chi connectivity index (χ0) is 17.9. The quantitative estimate of drug-likeness (QED) is 0.720.